The molecular formula is C13H13N3O2. The molecule has 0 radical (unpaired) electrons. The number of rotatable bonds is 2. The maximum atomic E-state index is 11.1. The zero-order chi connectivity index (χ0) is 12.5. The number of imidazole rings is 1. The first-order chi connectivity index (χ1) is 8.75. The van der Waals surface area contributed by atoms with E-state index >= 15 is 0 Å². The number of nitrogens with one attached hydrogen (secondary N) is 1. The van der Waals surface area contributed by atoms with Crippen LogP contribution in [0.1, 0.15) is 23.0 Å². The van der Waals surface area contributed by atoms with Crippen LogP contribution in [0.5, 0.6) is 0 Å². The molecule has 5 nitrogen and oxygen atoms in total. The summed E-state index contributed by atoms with van der Waals surface area (Å²) in [4.78, 5) is 18.4. The number of quaternary nitrogens is 1. The van der Waals surface area contributed by atoms with Gasteiger partial charge in [0.05, 0.1) is 18.0 Å². The molecule has 0 spiro atoms. The minimum Gasteiger partial charge on any atom is -0.544 e. The standard InChI is InChI=1S/C13H13N3O2/c17-13(18)10-6-9-12(15-7-14-9)11(16-10)8-4-2-1-3-5-8/h1-5,7,10-11,16H,6H2,(H,14,15)(H,17,18)/t10-,11+/m0/s1. The molecule has 2 aromatic rings. The van der Waals surface area contributed by atoms with Crippen molar-refractivity contribution in [2.75, 3.05) is 0 Å². The fourth-order valence-corrected chi connectivity index (χ4v) is 2.47. The number of H-pyrrole nitrogens is 1. The summed E-state index contributed by atoms with van der Waals surface area (Å²) >= 11 is 0. The molecule has 5 heteroatoms. The molecule has 0 amide bonds. The molecule has 2 heterocycles. The van der Waals surface area contributed by atoms with Crippen molar-refractivity contribution in [1.29, 1.82) is 0 Å². The number of carboxylic acids is 1. The van der Waals surface area contributed by atoms with Gasteiger partial charge in [0.25, 0.3) is 0 Å². The molecule has 1 aliphatic rings. The molecule has 1 aromatic carbocycles. The highest BCUT2D eigenvalue weighted by Gasteiger charge is 2.33. The third-order valence-electron chi connectivity index (χ3n) is 3.36. The van der Waals surface area contributed by atoms with E-state index in [1.807, 2.05) is 35.6 Å². The Morgan fingerprint density at radius 1 is 1.39 bits per heavy atom. The van der Waals surface area contributed by atoms with Gasteiger partial charge in [-0.3, -0.25) is 0 Å². The van der Waals surface area contributed by atoms with Crippen molar-refractivity contribution in [3.05, 3.63) is 53.6 Å². The average Bonchev–Trinajstić information content (AvgIpc) is 2.86. The maximum Gasteiger partial charge on any atom is 0.157 e. The largest absolute Gasteiger partial charge is 0.544 e. The number of benzene rings is 1. The highest BCUT2D eigenvalue weighted by Crippen LogP contribution is 2.22. The minimum atomic E-state index is -1.03. The molecule has 0 bridgehead atoms. The summed E-state index contributed by atoms with van der Waals surface area (Å²) in [5.41, 5.74) is 2.86. The first-order valence-corrected chi connectivity index (χ1v) is 5.88. The van der Waals surface area contributed by atoms with Crippen LogP contribution in [0, 0.1) is 0 Å². The van der Waals surface area contributed by atoms with Crippen LogP contribution in [0.2, 0.25) is 0 Å². The highest BCUT2D eigenvalue weighted by atomic mass is 16.4. The minimum absolute atomic E-state index is 0.0795. The van der Waals surface area contributed by atoms with Crippen molar-refractivity contribution in [2.45, 2.75) is 18.5 Å². The van der Waals surface area contributed by atoms with Crippen LogP contribution >= 0.6 is 0 Å². The lowest BCUT2D eigenvalue weighted by Gasteiger charge is -2.27. The van der Waals surface area contributed by atoms with Gasteiger partial charge in [-0.15, -0.1) is 0 Å². The van der Waals surface area contributed by atoms with Gasteiger partial charge in [0, 0.05) is 12.0 Å². The van der Waals surface area contributed by atoms with Crippen molar-refractivity contribution in [3.8, 4) is 0 Å². The van der Waals surface area contributed by atoms with Gasteiger partial charge in [-0.2, -0.15) is 0 Å². The quantitative estimate of drug-likeness (QED) is 0.690. The van der Waals surface area contributed by atoms with Crippen molar-refractivity contribution in [2.24, 2.45) is 0 Å². The number of carbonyl (C=O) groups is 1. The summed E-state index contributed by atoms with van der Waals surface area (Å²) in [6.45, 7) is 0. The number of hydrogen-bond acceptors (Lipinski definition) is 3. The molecular weight excluding hydrogens is 230 g/mol. The number of aliphatic carboxylic acids is 1. The summed E-state index contributed by atoms with van der Waals surface area (Å²) in [6.07, 6.45) is 2.05. The topological polar surface area (TPSA) is 85.4 Å². The van der Waals surface area contributed by atoms with Crippen LogP contribution in [0.25, 0.3) is 0 Å². The van der Waals surface area contributed by atoms with E-state index in [0.29, 0.717) is 6.42 Å². The van der Waals surface area contributed by atoms with Crippen molar-refractivity contribution >= 4 is 5.97 Å². The first kappa shape index (κ1) is 11.0. The predicted octanol–water partition coefficient (Wildman–Crippen LogP) is -1.26. The third kappa shape index (κ3) is 1.78. The molecule has 0 fully saturated rings. The van der Waals surface area contributed by atoms with E-state index in [4.69, 9.17) is 0 Å². The normalized spacial score (nSPS) is 22.4. The summed E-state index contributed by atoms with van der Waals surface area (Å²) in [6, 6.07) is 9.14. The predicted molar refractivity (Wildman–Crippen MR) is 61.3 cm³/mol. The van der Waals surface area contributed by atoms with E-state index in [1.165, 1.54) is 0 Å². The summed E-state index contributed by atoms with van der Waals surface area (Å²) in [5, 5.41) is 12.9. The Morgan fingerprint density at radius 2 is 2.17 bits per heavy atom. The highest BCUT2D eigenvalue weighted by molar-refractivity contribution is 5.70. The lowest BCUT2D eigenvalue weighted by molar-refractivity contribution is -0.717. The molecule has 0 unspecified atom stereocenters. The molecule has 18 heavy (non-hydrogen) atoms. The smallest absolute Gasteiger partial charge is 0.157 e. The maximum absolute atomic E-state index is 11.1. The summed E-state index contributed by atoms with van der Waals surface area (Å²) < 4.78 is 0. The molecule has 0 saturated heterocycles. The second kappa shape index (κ2) is 4.27. The molecule has 3 N–H and O–H groups in total. The second-order valence-corrected chi connectivity index (χ2v) is 4.48. The van der Waals surface area contributed by atoms with Gasteiger partial charge in [0.15, 0.2) is 6.04 Å². The van der Waals surface area contributed by atoms with Gasteiger partial charge in [-0.1, -0.05) is 30.3 Å². The number of fused-ring (bicyclic) bond motifs is 1. The number of hydrogen-bond donors (Lipinski definition) is 2. The average molecular weight is 243 g/mol. The zero-order valence-electron chi connectivity index (χ0n) is 9.67. The second-order valence-electron chi connectivity index (χ2n) is 4.48. The van der Waals surface area contributed by atoms with Crippen LogP contribution in [0.3, 0.4) is 0 Å². The van der Waals surface area contributed by atoms with Crippen LogP contribution in [0.4, 0.5) is 0 Å². The van der Waals surface area contributed by atoms with Crippen molar-refractivity contribution in [3.63, 3.8) is 0 Å². The number of aromatic nitrogens is 2. The summed E-state index contributed by atoms with van der Waals surface area (Å²) in [7, 11) is 0. The molecule has 3 rings (SSSR count). The Labute approximate surface area is 104 Å². The van der Waals surface area contributed by atoms with E-state index in [0.717, 1.165) is 17.0 Å². The number of carbonyl (C=O) groups excluding carboxylic acids is 1. The zero-order valence-corrected chi connectivity index (χ0v) is 9.67. The Bertz CT molecular complexity index is 565. The SMILES string of the molecule is O=C([O-])[C@@H]1Cc2[nH]cnc2[C@@H](c2ccccc2)[NH2+]1. The van der Waals surface area contributed by atoms with Gasteiger partial charge in [0.2, 0.25) is 0 Å². The van der Waals surface area contributed by atoms with Gasteiger partial charge in [-0.25, -0.2) is 4.98 Å². The van der Waals surface area contributed by atoms with Crippen LogP contribution in [-0.4, -0.2) is 22.0 Å². The van der Waals surface area contributed by atoms with E-state index in [9.17, 15) is 9.90 Å². The Balaban J connectivity index is 2.02. The molecule has 92 valence electrons. The molecule has 2 atom stereocenters. The first-order valence-electron chi connectivity index (χ1n) is 5.88. The van der Waals surface area contributed by atoms with Crippen LogP contribution < -0.4 is 10.4 Å². The van der Waals surface area contributed by atoms with E-state index in [2.05, 4.69) is 9.97 Å². The summed E-state index contributed by atoms with van der Waals surface area (Å²) in [5.74, 6) is -1.03. The number of aromatic amines is 1. The lowest BCUT2D eigenvalue weighted by atomic mass is 9.94. The van der Waals surface area contributed by atoms with E-state index in [-0.39, 0.29) is 6.04 Å². The Kier molecular flexibility index (Phi) is 2.60. The van der Waals surface area contributed by atoms with Gasteiger partial charge < -0.3 is 20.2 Å². The third-order valence-corrected chi connectivity index (χ3v) is 3.36. The molecule has 1 aliphatic heterocycles. The van der Waals surface area contributed by atoms with Crippen LogP contribution in [-0.2, 0) is 11.2 Å². The Hall–Kier alpha value is -2.14. The monoisotopic (exact) mass is 243 g/mol. The van der Waals surface area contributed by atoms with Crippen LogP contribution in [0.15, 0.2) is 36.7 Å². The Morgan fingerprint density at radius 3 is 2.89 bits per heavy atom. The van der Waals surface area contributed by atoms with E-state index in [1.54, 1.807) is 6.33 Å². The number of nitrogens with two attached hydrogens (primary N) is 1. The van der Waals surface area contributed by atoms with E-state index < -0.39 is 12.0 Å². The van der Waals surface area contributed by atoms with Crippen molar-refractivity contribution < 1.29 is 15.2 Å². The number of carboxylic acid groups (broad SMARTS) is 1. The van der Waals surface area contributed by atoms with Gasteiger partial charge in [-0.05, 0) is 0 Å². The molecule has 0 saturated carbocycles. The number of nitrogens with zero attached hydrogens (tertiary/aromatic N) is 1. The molecule has 0 aliphatic carbocycles. The van der Waals surface area contributed by atoms with Gasteiger partial charge >= 0.3 is 0 Å². The van der Waals surface area contributed by atoms with Gasteiger partial charge in [0.1, 0.15) is 11.7 Å². The fourth-order valence-electron chi connectivity index (χ4n) is 2.47. The molecule has 1 aromatic heterocycles. The van der Waals surface area contributed by atoms with Crippen molar-refractivity contribution in [1.82, 2.24) is 9.97 Å². The fraction of sp³-hybridized carbons (Fsp3) is 0.231. The lowest BCUT2D eigenvalue weighted by Crippen LogP contribution is -2.95.